The molecule has 1 aliphatic rings. The van der Waals surface area contributed by atoms with Crippen LogP contribution in [-0.2, 0) is 4.79 Å². The van der Waals surface area contributed by atoms with Crippen LogP contribution in [-0.4, -0.2) is 28.6 Å². The molecule has 20 heavy (non-hydrogen) atoms. The monoisotopic (exact) mass is 290 g/mol. The molecule has 1 aliphatic heterocycles. The van der Waals surface area contributed by atoms with Crippen LogP contribution in [0.5, 0.6) is 0 Å². The Morgan fingerprint density at radius 1 is 1.40 bits per heavy atom. The molecule has 104 valence electrons. The minimum absolute atomic E-state index is 0.0274. The number of rotatable bonds is 4. The second-order valence-corrected chi connectivity index (χ2v) is 5.30. The van der Waals surface area contributed by atoms with Crippen LogP contribution in [0.2, 0.25) is 0 Å². The molecule has 5 nitrogen and oxygen atoms in total. The summed E-state index contributed by atoms with van der Waals surface area (Å²) >= 11 is 1.48. The summed E-state index contributed by atoms with van der Waals surface area (Å²) in [6.45, 7) is 0. The van der Waals surface area contributed by atoms with Crippen LogP contribution < -0.4 is 0 Å². The highest BCUT2D eigenvalue weighted by atomic mass is 32.2. The highest BCUT2D eigenvalue weighted by Crippen LogP contribution is 2.33. The van der Waals surface area contributed by atoms with Crippen LogP contribution in [0.1, 0.15) is 24.0 Å². The van der Waals surface area contributed by atoms with E-state index in [4.69, 9.17) is 8.83 Å². The smallest absolute Gasteiger partial charge is 0.253 e. The molecule has 2 aromatic heterocycles. The molecule has 1 unspecified atom stereocenters. The predicted molar refractivity (Wildman–Crippen MR) is 76.5 cm³/mol. The van der Waals surface area contributed by atoms with Crippen LogP contribution in [0.4, 0.5) is 0 Å². The maximum Gasteiger partial charge on any atom is 0.253 e. The van der Waals surface area contributed by atoms with Gasteiger partial charge in [-0.15, -0.1) is 0 Å². The Bertz CT molecular complexity index is 604. The van der Waals surface area contributed by atoms with Crippen LogP contribution >= 0.6 is 11.8 Å². The minimum Gasteiger partial charge on any atom is -0.467 e. The molecule has 2 aromatic rings. The average molecular weight is 290 g/mol. The normalized spacial score (nSPS) is 18.4. The molecule has 0 radical (unpaired) electrons. The molecule has 1 atom stereocenters. The summed E-state index contributed by atoms with van der Waals surface area (Å²) in [5, 5.41) is 5.93. The van der Waals surface area contributed by atoms with Gasteiger partial charge in [0.15, 0.2) is 0 Å². The maximum atomic E-state index is 12.2. The van der Waals surface area contributed by atoms with E-state index in [1.807, 2.05) is 30.5 Å². The van der Waals surface area contributed by atoms with E-state index in [-0.39, 0.29) is 11.9 Å². The largest absolute Gasteiger partial charge is 0.467 e. The molecular weight excluding hydrogens is 276 g/mol. The highest BCUT2D eigenvalue weighted by molar-refractivity contribution is 7.99. The van der Waals surface area contributed by atoms with E-state index in [9.17, 15) is 4.79 Å². The SMILES string of the molecule is CSCC(=O)N1N=C(c2ccco2)CC1c1ccco1. The Morgan fingerprint density at radius 2 is 2.20 bits per heavy atom. The van der Waals surface area contributed by atoms with Crippen molar-refractivity contribution < 1.29 is 13.6 Å². The van der Waals surface area contributed by atoms with Crippen LogP contribution in [0.25, 0.3) is 0 Å². The first-order chi connectivity index (χ1) is 9.79. The van der Waals surface area contributed by atoms with E-state index < -0.39 is 0 Å². The fourth-order valence-corrected chi connectivity index (χ4v) is 2.60. The average Bonchev–Trinajstić information content (AvgIpc) is 3.19. The number of hydrogen-bond donors (Lipinski definition) is 0. The second kappa shape index (κ2) is 5.58. The van der Waals surface area contributed by atoms with Crippen molar-refractivity contribution in [3.8, 4) is 0 Å². The number of thioether (sulfide) groups is 1. The van der Waals surface area contributed by atoms with Gasteiger partial charge in [0.25, 0.3) is 5.91 Å². The van der Waals surface area contributed by atoms with E-state index in [0.717, 1.165) is 11.5 Å². The van der Waals surface area contributed by atoms with Crippen molar-refractivity contribution in [1.29, 1.82) is 0 Å². The molecule has 0 saturated carbocycles. The summed E-state index contributed by atoms with van der Waals surface area (Å²) in [6.07, 6.45) is 5.71. The number of amides is 1. The molecule has 0 aliphatic carbocycles. The first-order valence-electron chi connectivity index (χ1n) is 6.25. The van der Waals surface area contributed by atoms with E-state index >= 15 is 0 Å². The molecule has 0 fully saturated rings. The minimum atomic E-state index is -0.190. The maximum absolute atomic E-state index is 12.2. The number of hydrazone groups is 1. The third kappa shape index (κ3) is 2.38. The number of carbonyl (C=O) groups is 1. The molecule has 0 bridgehead atoms. The predicted octanol–water partition coefficient (Wildman–Crippen LogP) is 2.91. The lowest BCUT2D eigenvalue weighted by atomic mass is 10.1. The van der Waals surface area contributed by atoms with Crippen molar-refractivity contribution in [2.24, 2.45) is 5.10 Å². The van der Waals surface area contributed by atoms with Gasteiger partial charge in [-0.1, -0.05) is 0 Å². The number of carbonyl (C=O) groups excluding carboxylic acids is 1. The summed E-state index contributed by atoms with van der Waals surface area (Å²) in [4.78, 5) is 12.2. The summed E-state index contributed by atoms with van der Waals surface area (Å²) in [5.41, 5.74) is 0.769. The molecule has 3 heterocycles. The van der Waals surface area contributed by atoms with E-state index in [2.05, 4.69) is 5.10 Å². The number of hydrogen-bond acceptors (Lipinski definition) is 5. The van der Waals surface area contributed by atoms with Gasteiger partial charge >= 0.3 is 0 Å². The van der Waals surface area contributed by atoms with Gasteiger partial charge in [-0.05, 0) is 30.5 Å². The third-order valence-corrected chi connectivity index (χ3v) is 3.65. The second-order valence-electron chi connectivity index (χ2n) is 4.43. The first-order valence-corrected chi connectivity index (χ1v) is 7.64. The zero-order valence-electron chi connectivity index (χ0n) is 11.0. The highest BCUT2D eigenvalue weighted by Gasteiger charge is 2.35. The summed E-state index contributed by atoms with van der Waals surface area (Å²) in [7, 11) is 0. The molecule has 1 amide bonds. The van der Waals surface area contributed by atoms with Crippen molar-refractivity contribution >= 4 is 23.4 Å². The Morgan fingerprint density at radius 3 is 2.85 bits per heavy atom. The molecule has 6 heteroatoms. The zero-order valence-corrected chi connectivity index (χ0v) is 11.8. The van der Waals surface area contributed by atoms with Gasteiger partial charge in [0.05, 0.1) is 18.3 Å². The molecule has 3 rings (SSSR count). The van der Waals surface area contributed by atoms with Crippen molar-refractivity contribution in [1.82, 2.24) is 5.01 Å². The lowest BCUT2D eigenvalue weighted by molar-refractivity contribution is -0.130. The van der Waals surface area contributed by atoms with Gasteiger partial charge in [-0.3, -0.25) is 4.79 Å². The van der Waals surface area contributed by atoms with Crippen LogP contribution in [0.15, 0.2) is 50.7 Å². The van der Waals surface area contributed by atoms with Crippen molar-refractivity contribution in [3.05, 3.63) is 48.3 Å². The van der Waals surface area contributed by atoms with Gasteiger partial charge in [-0.2, -0.15) is 16.9 Å². The number of furan rings is 2. The summed E-state index contributed by atoms with van der Waals surface area (Å²) in [6, 6.07) is 7.15. The van der Waals surface area contributed by atoms with Crippen molar-refractivity contribution in [2.45, 2.75) is 12.5 Å². The third-order valence-electron chi connectivity index (χ3n) is 3.11. The fourth-order valence-electron chi connectivity index (χ4n) is 2.22. The van der Waals surface area contributed by atoms with E-state index in [0.29, 0.717) is 17.9 Å². The topological polar surface area (TPSA) is 59.0 Å². The standard InChI is InChI=1S/C14H14N2O3S/c1-20-9-14(17)16-11(13-5-3-7-19-13)8-10(15-16)12-4-2-6-18-12/h2-7,11H,8-9H2,1H3. The van der Waals surface area contributed by atoms with E-state index in [1.54, 1.807) is 12.5 Å². The summed E-state index contributed by atoms with van der Waals surface area (Å²) in [5.74, 6) is 1.80. The first kappa shape index (κ1) is 13.1. The summed E-state index contributed by atoms with van der Waals surface area (Å²) < 4.78 is 10.8. The zero-order chi connectivity index (χ0) is 13.9. The number of nitrogens with zero attached hydrogens (tertiary/aromatic N) is 2. The van der Waals surface area contributed by atoms with Gasteiger partial charge in [0.1, 0.15) is 23.3 Å². The van der Waals surface area contributed by atoms with Crippen LogP contribution in [0, 0.1) is 0 Å². The van der Waals surface area contributed by atoms with Crippen molar-refractivity contribution in [2.75, 3.05) is 12.0 Å². The lowest BCUT2D eigenvalue weighted by Crippen LogP contribution is -2.28. The quantitative estimate of drug-likeness (QED) is 0.868. The Balaban J connectivity index is 1.90. The fraction of sp³-hybridized carbons (Fsp3) is 0.286. The van der Waals surface area contributed by atoms with Gasteiger partial charge in [0.2, 0.25) is 0 Å². The molecule has 0 aromatic carbocycles. The molecular formula is C14H14N2O3S. The lowest BCUT2D eigenvalue weighted by Gasteiger charge is -2.19. The van der Waals surface area contributed by atoms with Crippen molar-refractivity contribution in [3.63, 3.8) is 0 Å². The molecule has 0 saturated heterocycles. The molecule has 0 spiro atoms. The Hall–Kier alpha value is -1.95. The van der Waals surface area contributed by atoms with E-state index in [1.165, 1.54) is 16.8 Å². The van der Waals surface area contributed by atoms with Gasteiger partial charge in [-0.25, -0.2) is 5.01 Å². The van der Waals surface area contributed by atoms with Crippen LogP contribution in [0.3, 0.4) is 0 Å². The van der Waals surface area contributed by atoms with Gasteiger partial charge < -0.3 is 8.83 Å². The Kier molecular flexibility index (Phi) is 3.64. The van der Waals surface area contributed by atoms with Gasteiger partial charge in [0, 0.05) is 6.42 Å². The Labute approximate surface area is 120 Å². The molecule has 0 N–H and O–H groups in total.